The van der Waals surface area contributed by atoms with Crippen LogP contribution in [0, 0.1) is 6.92 Å². The monoisotopic (exact) mass is 508 g/mol. The molecule has 0 bridgehead atoms. The number of hydrogen-bond donors (Lipinski definition) is 1. The van der Waals surface area contributed by atoms with Crippen molar-refractivity contribution in [3.05, 3.63) is 59.3 Å². The lowest BCUT2D eigenvalue weighted by Gasteiger charge is -2.12. The van der Waals surface area contributed by atoms with Crippen molar-refractivity contribution in [3.63, 3.8) is 0 Å². The van der Waals surface area contributed by atoms with Crippen LogP contribution in [-0.2, 0) is 16.6 Å². The maximum absolute atomic E-state index is 14.2. The number of pyridine rings is 1. The van der Waals surface area contributed by atoms with Crippen LogP contribution in [-0.4, -0.2) is 42.9 Å². The first kappa shape index (κ1) is 27.4. The van der Waals surface area contributed by atoms with E-state index in [1.54, 1.807) is 29.0 Å². The summed E-state index contributed by atoms with van der Waals surface area (Å²) in [6, 6.07) is 6.95. The van der Waals surface area contributed by atoms with Crippen molar-refractivity contribution in [2.75, 3.05) is 20.6 Å². The van der Waals surface area contributed by atoms with Gasteiger partial charge in [0.25, 0.3) is 0 Å². The van der Waals surface area contributed by atoms with E-state index in [1.807, 2.05) is 13.0 Å². The molecule has 0 radical (unpaired) electrons. The molecule has 0 aliphatic carbocycles. The van der Waals surface area contributed by atoms with E-state index in [1.165, 1.54) is 26.4 Å². The lowest BCUT2D eigenvalue weighted by molar-refractivity contribution is 0.520. The molecule has 0 aliphatic rings. The van der Waals surface area contributed by atoms with E-state index in [9.17, 15) is 12.8 Å². The molecule has 0 spiro atoms. The van der Waals surface area contributed by atoms with E-state index in [0.717, 1.165) is 21.1 Å². The molecule has 11 heteroatoms. The molecule has 2 aromatic heterocycles. The second kappa shape index (κ2) is 10.8. The van der Waals surface area contributed by atoms with Crippen LogP contribution in [0.1, 0.15) is 5.69 Å². The predicted octanol–water partition coefficient (Wildman–Crippen LogP) is 4.57. The van der Waals surface area contributed by atoms with Crippen LogP contribution in [0.4, 0.5) is 4.39 Å². The summed E-state index contributed by atoms with van der Waals surface area (Å²) in [6.45, 7) is 1.95. The summed E-state index contributed by atoms with van der Waals surface area (Å²) in [5.41, 5.74) is 8.21. The van der Waals surface area contributed by atoms with Crippen molar-refractivity contribution in [2.45, 2.75) is 18.4 Å². The highest BCUT2D eigenvalue weighted by Crippen LogP contribution is 2.39. The Kier molecular flexibility index (Phi) is 9.50. The summed E-state index contributed by atoms with van der Waals surface area (Å²) < 4.78 is 42.3. The molecule has 1 aromatic carbocycles. The fourth-order valence-corrected chi connectivity index (χ4v) is 4.45. The van der Waals surface area contributed by atoms with E-state index in [4.69, 9.17) is 17.3 Å². The van der Waals surface area contributed by atoms with Crippen molar-refractivity contribution >= 4 is 57.3 Å². The molecule has 0 fully saturated rings. The number of halogens is 4. The molecule has 3 rings (SSSR count). The number of sulfonamides is 1. The van der Waals surface area contributed by atoms with Crippen molar-refractivity contribution in [1.29, 1.82) is 0 Å². The van der Waals surface area contributed by atoms with Crippen LogP contribution in [0.25, 0.3) is 22.0 Å². The number of hydrogen-bond acceptors (Lipinski definition) is 4. The zero-order valence-corrected chi connectivity index (χ0v) is 20.4. The second-order valence-corrected chi connectivity index (χ2v) is 9.32. The average Bonchev–Trinajstić information content (AvgIpc) is 2.95. The molecule has 0 aliphatic heterocycles. The Bertz CT molecular complexity index is 1210. The van der Waals surface area contributed by atoms with Crippen LogP contribution in [0.5, 0.6) is 0 Å². The van der Waals surface area contributed by atoms with E-state index in [-0.39, 0.29) is 48.6 Å². The minimum absolute atomic E-state index is 0. The molecule has 6 nitrogen and oxygen atoms in total. The van der Waals surface area contributed by atoms with Gasteiger partial charge in [0, 0.05) is 55.2 Å². The Labute approximate surface area is 198 Å². The average molecular weight is 510 g/mol. The highest BCUT2D eigenvalue weighted by Gasteiger charge is 2.22. The summed E-state index contributed by atoms with van der Waals surface area (Å²) in [5.74, 6) is -0.360. The van der Waals surface area contributed by atoms with E-state index >= 15 is 0 Å². The molecule has 31 heavy (non-hydrogen) atoms. The summed E-state index contributed by atoms with van der Waals surface area (Å²) >= 11 is 6.49. The number of allylic oxidation sites excluding steroid dienone is 1. The smallest absolute Gasteiger partial charge is 0.244 e. The minimum atomic E-state index is -3.66. The Morgan fingerprint density at radius 3 is 2.58 bits per heavy atom. The van der Waals surface area contributed by atoms with E-state index < -0.39 is 10.0 Å². The van der Waals surface area contributed by atoms with Crippen LogP contribution < -0.4 is 5.73 Å². The Balaban J connectivity index is 0.00000240. The summed E-state index contributed by atoms with van der Waals surface area (Å²) in [4.78, 5) is 4.20. The van der Waals surface area contributed by atoms with Crippen molar-refractivity contribution in [2.24, 2.45) is 5.73 Å². The fraction of sp³-hybridized carbons (Fsp3) is 0.250. The third-order valence-electron chi connectivity index (χ3n) is 4.73. The van der Waals surface area contributed by atoms with Gasteiger partial charge in [0.1, 0.15) is 10.7 Å². The zero-order valence-electron chi connectivity index (χ0n) is 17.2. The van der Waals surface area contributed by atoms with Gasteiger partial charge in [-0.1, -0.05) is 17.7 Å². The van der Waals surface area contributed by atoms with Crippen molar-refractivity contribution in [1.82, 2.24) is 13.9 Å². The molecule has 2 N–H and O–H groups in total. The summed E-state index contributed by atoms with van der Waals surface area (Å²) in [6.07, 6.45) is 4.20. The minimum Gasteiger partial charge on any atom is -0.337 e. The number of benzene rings is 1. The second-order valence-electron chi connectivity index (χ2n) is 6.76. The topological polar surface area (TPSA) is 81.2 Å². The van der Waals surface area contributed by atoms with Gasteiger partial charge < -0.3 is 10.3 Å². The van der Waals surface area contributed by atoms with Gasteiger partial charge in [0.05, 0.1) is 17.1 Å². The Morgan fingerprint density at radius 1 is 1.29 bits per heavy atom. The van der Waals surface area contributed by atoms with Crippen LogP contribution >= 0.6 is 36.4 Å². The number of aromatic nitrogens is 2. The lowest BCUT2D eigenvalue weighted by Crippen LogP contribution is -2.22. The third-order valence-corrected chi connectivity index (χ3v) is 6.82. The quantitative estimate of drug-likeness (QED) is 0.528. The molecule has 0 unspecified atom stereocenters. The van der Waals surface area contributed by atoms with Gasteiger partial charge in [-0.3, -0.25) is 4.98 Å². The van der Waals surface area contributed by atoms with Crippen molar-refractivity contribution < 1.29 is 12.8 Å². The molecule has 0 saturated heterocycles. The van der Waals surface area contributed by atoms with Crippen LogP contribution in [0.2, 0.25) is 5.02 Å². The standard InChI is InChI=1S/C20H22ClFN4O2S.2ClH/c1-13-19(14-9-16(11-24-10-14)29(27,28)25(2)3)20-17(21)5-4-6-18(20)26(13)12-15(22)7-8-23;;/h4-7,9-11H,8,12,23H2,1-3H3;2*1H. The molecular weight excluding hydrogens is 486 g/mol. The van der Waals surface area contributed by atoms with Crippen molar-refractivity contribution in [3.8, 4) is 11.1 Å². The number of fused-ring (bicyclic) bond motifs is 1. The fourth-order valence-electron chi connectivity index (χ4n) is 3.29. The molecule has 2 heterocycles. The SMILES string of the molecule is Cc1c(-c2cncc(S(=O)(=O)N(C)C)c2)c2c(Cl)cccc2n1CC(F)=CCN.Cl.Cl. The largest absolute Gasteiger partial charge is 0.337 e. The first-order chi connectivity index (χ1) is 13.7. The number of nitrogens with two attached hydrogens (primary N) is 1. The van der Waals surface area contributed by atoms with Gasteiger partial charge in [0.2, 0.25) is 10.0 Å². The van der Waals surface area contributed by atoms with Crippen LogP contribution in [0.15, 0.2) is 53.5 Å². The highest BCUT2D eigenvalue weighted by atomic mass is 35.5. The van der Waals surface area contributed by atoms with E-state index in [2.05, 4.69) is 4.98 Å². The third kappa shape index (κ3) is 5.22. The van der Waals surface area contributed by atoms with Gasteiger partial charge in [-0.15, -0.1) is 24.8 Å². The van der Waals surface area contributed by atoms with Gasteiger partial charge in [0.15, 0.2) is 0 Å². The Morgan fingerprint density at radius 2 is 1.97 bits per heavy atom. The zero-order chi connectivity index (χ0) is 21.3. The number of nitrogens with zero attached hydrogens (tertiary/aromatic N) is 3. The first-order valence-corrected chi connectivity index (χ1v) is 10.7. The maximum Gasteiger partial charge on any atom is 0.244 e. The molecule has 0 saturated carbocycles. The first-order valence-electron chi connectivity index (χ1n) is 8.88. The lowest BCUT2D eigenvalue weighted by atomic mass is 10.0. The molecule has 170 valence electrons. The molecule has 0 amide bonds. The predicted molar refractivity (Wildman–Crippen MR) is 129 cm³/mol. The summed E-state index contributed by atoms with van der Waals surface area (Å²) in [5, 5.41) is 1.21. The summed E-state index contributed by atoms with van der Waals surface area (Å²) in [7, 11) is -0.733. The number of rotatable bonds is 6. The van der Waals surface area contributed by atoms with Gasteiger partial charge in [-0.25, -0.2) is 17.1 Å². The normalized spacial score (nSPS) is 12.0. The van der Waals surface area contributed by atoms with Gasteiger partial charge in [-0.2, -0.15) is 0 Å². The molecular formula is C20H24Cl3FN4O2S. The van der Waals surface area contributed by atoms with E-state index in [0.29, 0.717) is 16.0 Å². The van der Waals surface area contributed by atoms with Crippen LogP contribution in [0.3, 0.4) is 0 Å². The Hall–Kier alpha value is -1.68. The van der Waals surface area contributed by atoms with Gasteiger partial charge in [-0.05, 0) is 31.2 Å². The maximum atomic E-state index is 14.2. The molecule has 3 aromatic rings. The van der Waals surface area contributed by atoms with Gasteiger partial charge >= 0.3 is 0 Å². The molecule has 0 atom stereocenters. The highest BCUT2D eigenvalue weighted by molar-refractivity contribution is 7.89.